The Morgan fingerprint density at radius 1 is 1.00 bits per heavy atom. The van der Waals surface area contributed by atoms with E-state index in [1.54, 1.807) is 12.1 Å². The van der Waals surface area contributed by atoms with Crippen molar-refractivity contribution in [2.45, 2.75) is 4.90 Å². The number of sulfonamides is 1. The van der Waals surface area contributed by atoms with E-state index in [4.69, 9.17) is 4.74 Å². The lowest BCUT2D eigenvalue weighted by Gasteiger charge is -2.36. The smallest absolute Gasteiger partial charge is 0.339 e. The molecule has 2 aromatic carbocycles. The van der Waals surface area contributed by atoms with Crippen molar-refractivity contribution in [1.29, 1.82) is 0 Å². The first-order valence-corrected chi connectivity index (χ1v) is 9.55. The van der Waals surface area contributed by atoms with Crippen LogP contribution < -0.4 is 4.90 Å². The molecule has 138 valence electrons. The van der Waals surface area contributed by atoms with Gasteiger partial charge in [-0.1, -0.05) is 12.1 Å². The Morgan fingerprint density at radius 3 is 2.23 bits per heavy atom. The molecule has 0 aliphatic carbocycles. The number of methoxy groups -OCH3 is 1. The van der Waals surface area contributed by atoms with Gasteiger partial charge in [-0.25, -0.2) is 17.6 Å². The third-order valence-corrected chi connectivity index (χ3v) is 6.25. The number of hydrogen-bond donors (Lipinski definition) is 0. The van der Waals surface area contributed by atoms with Crippen LogP contribution in [0.15, 0.2) is 53.4 Å². The molecule has 0 atom stereocenters. The van der Waals surface area contributed by atoms with Crippen LogP contribution in [0.3, 0.4) is 0 Å². The second-order valence-corrected chi connectivity index (χ2v) is 7.79. The van der Waals surface area contributed by atoms with Crippen LogP contribution in [-0.4, -0.2) is 52.0 Å². The van der Waals surface area contributed by atoms with Gasteiger partial charge in [-0.15, -0.1) is 0 Å². The van der Waals surface area contributed by atoms with Gasteiger partial charge in [0.05, 0.1) is 23.3 Å². The standard InChI is InChI=1S/C18H19FN2O4S/c1-25-18(22)16-4-2-3-5-17(16)20-10-12-21(13-11-20)26(23,24)15-8-6-14(19)7-9-15/h2-9H,10-13H2,1H3. The van der Waals surface area contributed by atoms with Crippen molar-refractivity contribution < 1.29 is 22.3 Å². The summed E-state index contributed by atoms with van der Waals surface area (Å²) in [6, 6.07) is 11.9. The third kappa shape index (κ3) is 3.56. The summed E-state index contributed by atoms with van der Waals surface area (Å²) in [5, 5.41) is 0. The zero-order valence-corrected chi connectivity index (χ0v) is 15.1. The molecule has 1 heterocycles. The number of para-hydroxylation sites is 1. The summed E-state index contributed by atoms with van der Waals surface area (Å²) < 4.78 is 44.6. The van der Waals surface area contributed by atoms with Crippen LogP contribution in [-0.2, 0) is 14.8 Å². The summed E-state index contributed by atoms with van der Waals surface area (Å²) in [6.07, 6.45) is 0. The van der Waals surface area contributed by atoms with Crippen molar-refractivity contribution >= 4 is 21.7 Å². The van der Waals surface area contributed by atoms with E-state index in [0.717, 1.165) is 17.8 Å². The van der Waals surface area contributed by atoms with Gasteiger partial charge in [0.1, 0.15) is 5.82 Å². The second-order valence-electron chi connectivity index (χ2n) is 5.85. The maximum absolute atomic E-state index is 13.0. The molecule has 0 spiro atoms. The molecule has 3 rings (SSSR count). The number of halogens is 1. The number of esters is 1. The fourth-order valence-electron chi connectivity index (χ4n) is 2.96. The minimum atomic E-state index is -3.67. The van der Waals surface area contributed by atoms with E-state index < -0.39 is 21.8 Å². The Labute approximate surface area is 151 Å². The Hall–Kier alpha value is -2.45. The number of anilines is 1. The highest BCUT2D eigenvalue weighted by Crippen LogP contribution is 2.24. The van der Waals surface area contributed by atoms with Gasteiger partial charge in [-0.05, 0) is 36.4 Å². The monoisotopic (exact) mass is 378 g/mol. The maximum Gasteiger partial charge on any atom is 0.339 e. The molecule has 0 aromatic heterocycles. The topological polar surface area (TPSA) is 66.9 Å². The molecule has 0 bridgehead atoms. The molecule has 8 heteroatoms. The van der Waals surface area contributed by atoms with Crippen LogP contribution in [0.1, 0.15) is 10.4 Å². The lowest BCUT2D eigenvalue weighted by Crippen LogP contribution is -2.49. The summed E-state index contributed by atoms with van der Waals surface area (Å²) in [4.78, 5) is 14.0. The molecule has 0 unspecified atom stereocenters. The molecular weight excluding hydrogens is 359 g/mol. The quantitative estimate of drug-likeness (QED) is 0.763. The van der Waals surface area contributed by atoms with Crippen LogP contribution in [0.4, 0.5) is 10.1 Å². The second kappa shape index (κ2) is 7.43. The number of ether oxygens (including phenoxy) is 1. The molecule has 1 fully saturated rings. The highest BCUT2D eigenvalue weighted by molar-refractivity contribution is 7.89. The number of nitrogens with zero attached hydrogens (tertiary/aromatic N) is 2. The van der Waals surface area contributed by atoms with Gasteiger partial charge >= 0.3 is 5.97 Å². The summed E-state index contributed by atoms with van der Waals surface area (Å²) >= 11 is 0. The zero-order chi connectivity index (χ0) is 18.7. The van der Waals surface area contributed by atoms with Crippen LogP contribution in [0.2, 0.25) is 0 Å². The van der Waals surface area contributed by atoms with Crippen molar-refractivity contribution in [2.75, 3.05) is 38.2 Å². The van der Waals surface area contributed by atoms with Crippen molar-refractivity contribution in [3.63, 3.8) is 0 Å². The Morgan fingerprint density at radius 2 is 1.62 bits per heavy atom. The number of piperazine rings is 1. The first-order valence-electron chi connectivity index (χ1n) is 8.11. The fourth-order valence-corrected chi connectivity index (χ4v) is 4.38. The summed E-state index contributed by atoms with van der Waals surface area (Å²) in [5.74, 6) is -0.907. The normalized spacial score (nSPS) is 15.7. The number of hydrogen-bond acceptors (Lipinski definition) is 5. The van der Waals surface area contributed by atoms with E-state index in [9.17, 15) is 17.6 Å². The van der Waals surface area contributed by atoms with Gasteiger partial charge < -0.3 is 9.64 Å². The van der Waals surface area contributed by atoms with Gasteiger partial charge in [0.2, 0.25) is 10.0 Å². The predicted molar refractivity (Wildman–Crippen MR) is 95.2 cm³/mol. The molecule has 6 nitrogen and oxygen atoms in total. The van der Waals surface area contributed by atoms with Crippen LogP contribution >= 0.6 is 0 Å². The molecule has 2 aromatic rings. The van der Waals surface area contributed by atoms with Gasteiger partial charge in [0.25, 0.3) is 0 Å². The lowest BCUT2D eigenvalue weighted by atomic mass is 10.1. The molecule has 1 saturated heterocycles. The fraction of sp³-hybridized carbons (Fsp3) is 0.278. The summed E-state index contributed by atoms with van der Waals surface area (Å²) in [6.45, 7) is 1.42. The van der Waals surface area contributed by atoms with Gasteiger partial charge in [-0.3, -0.25) is 0 Å². The maximum atomic E-state index is 13.0. The number of carbonyl (C=O) groups excluding carboxylic acids is 1. The molecule has 1 aliphatic rings. The third-order valence-electron chi connectivity index (χ3n) is 4.34. The van der Waals surface area contributed by atoms with Crippen molar-refractivity contribution in [3.8, 4) is 0 Å². The molecule has 0 saturated carbocycles. The number of carbonyl (C=O) groups is 1. The largest absolute Gasteiger partial charge is 0.465 e. The molecule has 26 heavy (non-hydrogen) atoms. The lowest BCUT2D eigenvalue weighted by molar-refractivity contribution is 0.0601. The van der Waals surface area contributed by atoms with E-state index in [1.165, 1.54) is 23.5 Å². The predicted octanol–water partition coefficient (Wildman–Crippen LogP) is 2.12. The SMILES string of the molecule is COC(=O)c1ccccc1N1CCN(S(=O)(=O)c2ccc(F)cc2)CC1. The van der Waals surface area contributed by atoms with E-state index in [-0.39, 0.29) is 18.0 Å². The van der Waals surface area contributed by atoms with Crippen molar-refractivity contribution in [1.82, 2.24) is 4.31 Å². The van der Waals surface area contributed by atoms with Crippen molar-refractivity contribution in [3.05, 3.63) is 59.9 Å². The van der Waals surface area contributed by atoms with Crippen LogP contribution in [0.25, 0.3) is 0 Å². The minimum absolute atomic E-state index is 0.0716. The Balaban J connectivity index is 1.76. The highest BCUT2D eigenvalue weighted by atomic mass is 32.2. The minimum Gasteiger partial charge on any atom is -0.465 e. The molecule has 1 aliphatic heterocycles. The molecule has 0 amide bonds. The van der Waals surface area contributed by atoms with E-state index in [1.807, 2.05) is 17.0 Å². The van der Waals surface area contributed by atoms with E-state index >= 15 is 0 Å². The summed E-state index contributed by atoms with van der Waals surface area (Å²) in [7, 11) is -2.34. The summed E-state index contributed by atoms with van der Waals surface area (Å²) in [5.41, 5.74) is 1.17. The van der Waals surface area contributed by atoms with Crippen molar-refractivity contribution in [2.24, 2.45) is 0 Å². The molecular formula is C18H19FN2O4S. The van der Waals surface area contributed by atoms with Gasteiger partial charge in [0, 0.05) is 26.2 Å². The van der Waals surface area contributed by atoms with E-state index in [2.05, 4.69) is 0 Å². The molecule has 0 radical (unpaired) electrons. The highest BCUT2D eigenvalue weighted by Gasteiger charge is 2.29. The Bertz CT molecular complexity index is 892. The molecule has 0 N–H and O–H groups in total. The average Bonchev–Trinajstić information content (AvgIpc) is 2.68. The number of benzene rings is 2. The van der Waals surface area contributed by atoms with Gasteiger partial charge in [-0.2, -0.15) is 4.31 Å². The van der Waals surface area contributed by atoms with Gasteiger partial charge in [0.15, 0.2) is 0 Å². The Kier molecular flexibility index (Phi) is 5.24. The number of rotatable bonds is 4. The first-order chi connectivity index (χ1) is 12.4. The zero-order valence-electron chi connectivity index (χ0n) is 14.3. The first kappa shape index (κ1) is 18.3. The van der Waals surface area contributed by atoms with Crippen LogP contribution in [0, 0.1) is 5.82 Å². The van der Waals surface area contributed by atoms with Crippen LogP contribution in [0.5, 0.6) is 0 Å². The average molecular weight is 378 g/mol. The van der Waals surface area contributed by atoms with E-state index in [0.29, 0.717) is 18.7 Å².